The molecule has 0 saturated heterocycles. The van der Waals surface area contributed by atoms with Crippen LogP contribution in [0, 0.1) is 0 Å². The van der Waals surface area contributed by atoms with Gasteiger partial charge >= 0.3 is 12.1 Å². The Labute approximate surface area is 157 Å². The van der Waals surface area contributed by atoms with E-state index < -0.39 is 22.2 Å². The molecule has 1 aliphatic rings. The zero-order chi connectivity index (χ0) is 20.9. The molecule has 13 heteroatoms. The van der Waals surface area contributed by atoms with Gasteiger partial charge < -0.3 is 14.4 Å². The van der Waals surface area contributed by atoms with E-state index in [1.54, 1.807) is 24.5 Å². The highest BCUT2D eigenvalue weighted by atomic mass is 32.2. The predicted molar refractivity (Wildman–Crippen MR) is 87.7 cm³/mol. The number of fused-ring (bicyclic) bond motifs is 1. The maximum absolute atomic E-state index is 11.6. The summed E-state index contributed by atoms with van der Waals surface area (Å²) in [5.41, 5.74) is 1.43. The zero-order valence-corrected chi connectivity index (χ0v) is 15.3. The number of carboxylic acids is 1. The Hall–Kier alpha value is -2.67. The number of hydrogen-bond donors (Lipinski definition) is 1. The Morgan fingerprint density at radius 1 is 1.43 bits per heavy atom. The minimum Gasteiger partial charge on any atom is -0.486 e. The lowest BCUT2D eigenvalue weighted by Crippen LogP contribution is -2.35. The van der Waals surface area contributed by atoms with Crippen molar-refractivity contribution < 1.29 is 40.8 Å². The molecule has 0 spiro atoms. The van der Waals surface area contributed by atoms with Gasteiger partial charge in [0.25, 0.3) is 0 Å². The van der Waals surface area contributed by atoms with Crippen LogP contribution >= 0.6 is 0 Å². The zero-order valence-electron chi connectivity index (χ0n) is 14.5. The maximum atomic E-state index is 11.6. The van der Waals surface area contributed by atoms with Crippen LogP contribution in [-0.2, 0) is 34.4 Å². The van der Waals surface area contributed by atoms with Crippen molar-refractivity contribution in [1.82, 2.24) is 14.4 Å². The third-order valence-corrected chi connectivity index (χ3v) is 4.84. The van der Waals surface area contributed by atoms with Gasteiger partial charge in [0.2, 0.25) is 10.0 Å². The molecule has 3 rings (SSSR count). The smallest absolute Gasteiger partial charge is 0.486 e. The number of aromatic nitrogens is 2. The summed E-state index contributed by atoms with van der Waals surface area (Å²) in [7, 11) is -3.22. The second-order valence-corrected chi connectivity index (χ2v) is 7.64. The molecule has 0 fully saturated rings. The Kier molecular flexibility index (Phi) is 6.61. The normalized spacial score (nSPS) is 14.6. The van der Waals surface area contributed by atoms with Crippen LogP contribution in [0.15, 0.2) is 29.0 Å². The highest BCUT2D eigenvalue weighted by Gasteiger charge is 2.38. The first-order chi connectivity index (χ1) is 13.0. The molecule has 0 saturated carbocycles. The SMILES string of the molecule is CS(=O)(=O)N1CCc2onc(COc3cccnc3)c2C1.O=C(O)C(F)(F)F. The number of pyridine rings is 1. The molecule has 1 aliphatic heterocycles. The average Bonchev–Trinajstić information content (AvgIpc) is 3.02. The van der Waals surface area contributed by atoms with Crippen LogP contribution in [0.1, 0.15) is 17.0 Å². The first kappa shape index (κ1) is 21.6. The van der Waals surface area contributed by atoms with Gasteiger partial charge in [-0.15, -0.1) is 0 Å². The minimum absolute atomic E-state index is 0.224. The van der Waals surface area contributed by atoms with E-state index in [-0.39, 0.29) is 13.2 Å². The van der Waals surface area contributed by atoms with Crippen LogP contribution in [0.2, 0.25) is 0 Å². The topological polar surface area (TPSA) is 123 Å². The van der Waals surface area contributed by atoms with Gasteiger partial charge in [-0.3, -0.25) is 4.98 Å². The summed E-state index contributed by atoms with van der Waals surface area (Å²) in [5, 5.41) is 11.1. The summed E-state index contributed by atoms with van der Waals surface area (Å²) in [6.45, 7) is 0.926. The van der Waals surface area contributed by atoms with Gasteiger partial charge in [0.05, 0.1) is 12.5 Å². The molecule has 0 atom stereocenters. The molecule has 0 bridgehead atoms. The molecule has 9 nitrogen and oxygen atoms in total. The van der Waals surface area contributed by atoms with Gasteiger partial charge in [-0.1, -0.05) is 5.16 Å². The van der Waals surface area contributed by atoms with Gasteiger partial charge in [0.1, 0.15) is 23.8 Å². The molecular formula is C15H16F3N3O6S. The third-order valence-electron chi connectivity index (χ3n) is 3.60. The van der Waals surface area contributed by atoms with Crippen molar-refractivity contribution in [3.8, 4) is 5.75 Å². The maximum Gasteiger partial charge on any atom is 0.490 e. The molecule has 154 valence electrons. The summed E-state index contributed by atoms with van der Waals surface area (Å²) in [4.78, 5) is 12.9. The van der Waals surface area contributed by atoms with E-state index in [9.17, 15) is 21.6 Å². The van der Waals surface area contributed by atoms with Crippen LogP contribution in [0.5, 0.6) is 5.75 Å². The molecule has 1 N–H and O–H groups in total. The van der Waals surface area contributed by atoms with Crippen LogP contribution in [0.25, 0.3) is 0 Å². The molecule has 0 radical (unpaired) electrons. The fourth-order valence-electron chi connectivity index (χ4n) is 2.22. The Morgan fingerprint density at radius 3 is 2.64 bits per heavy atom. The highest BCUT2D eigenvalue weighted by Crippen LogP contribution is 2.24. The fraction of sp³-hybridized carbons (Fsp3) is 0.400. The number of carbonyl (C=O) groups is 1. The Morgan fingerprint density at radius 2 is 2.11 bits per heavy atom. The summed E-state index contributed by atoms with van der Waals surface area (Å²) in [6, 6.07) is 3.57. The number of carboxylic acid groups (broad SMARTS) is 1. The lowest BCUT2D eigenvalue weighted by Gasteiger charge is -2.23. The number of nitrogens with zero attached hydrogens (tertiary/aromatic N) is 3. The number of halogens is 3. The predicted octanol–water partition coefficient (Wildman–Crippen LogP) is 1.60. The molecule has 0 aliphatic carbocycles. The van der Waals surface area contributed by atoms with Crippen molar-refractivity contribution >= 4 is 16.0 Å². The molecule has 2 aromatic rings. The number of sulfonamides is 1. The third kappa shape index (κ3) is 5.92. The van der Waals surface area contributed by atoms with E-state index in [2.05, 4.69) is 10.1 Å². The largest absolute Gasteiger partial charge is 0.490 e. The van der Waals surface area contributed by atoms with Crippen LogP contribution in [0.3, 0.4) is 0 Å². The van der Waals surface area contributed by atoms with Crippen molar-refractivity contribution in [2.24, 2.45) is 0 Å². The van der Waals surface area contributed by atoms with Gasteiger partial charge in [-0.25, -0.2) is 13.2 Å². The van der Waals surface area contributed by atoms with Gasteiger partial charge in [0, 0.05) is 31.3 Å². The van der Waals surface area contributed by atoms with E-state index in [1.807, 2.05) is 0 Å². The van der Waals surface area contributed by atoms with E-state index >= 15 is 0 Å². The fourth-order valence-corrected chi connectivity index (χ4v) is 3.01. The number of hydrogen-bond acceptors (Lipinski definition) is 7. The highest BCUT2D eigenvalue weighted by molar-refractivity contribution is 7.88. The first-order valence-electron chi connectivity index (χ1n) is 7.73. The number of rotatable bonds is 4. The lowest BCUT2D eigenvalue weighted by molar-refractivity contribution is -0.192. The van der Waals surface area contributed by atoms with Crippen LogP contribution < -0.4 is 4.74 Å². The van der Waals surface area contributed by atoms with E-state index in [1.165, 1.54) is 10.6 Å². The summed E-state index contributed by atoms with van der Waals surface area (Å²) in [5.74, 6) is -1.39. The summed E-state index contributed by atoms with van der Waals surface area (Å²) in [6.07, 6.45) is -0.0796. The van der Waals surface area contributed by atoms with Crippen LogP contribution in [-0.4, -0.2) is 52.9 Å². The van der Waals surface area contributed by atoms with Crippen molar-refractivity contribution in [3.05, 3.63) is 41.5 Å². The second-order valence-electron chi connectivity index (χ2n) is 5.66. The molecule has 0 unspecified atom stereocenters. The van der Waals surface area contributed by atoms with Crippen molar-refractivity contribution in [2.45, 2.75) is 25.7 Å². The molecular weight excluding hydrogens is 407 g/mol. The van der Waals surface area contributed by atoms with E-state index in [4.69, 9.17) is 19.2 Å². The molecule has 0 aromatic carbocycles. The number of ether oxygens (including phenoxy) is 1. The van der Waals surface area contributed by atoms with Crippen molar-refractivity contribution in [1.29, 1.82) is 0 Å². The molecule has 28 heavy (non-hydrogen) atoms. The van der Waals surface area contributed by atoms with Gasteiger partial charge in [-0.05, 0) is 12.1 Å². The quantitative estimate of drug-likeness (QED) is 0.787. The first-order valence-corrected chi connectivity index (χ1v) is 9.57. The summed E-state index contributed by atoms with van der Waals surface area (Å²) < 4.78 is 67.3. The van der Waals surface area contributed by atoms with Gasteiger partial charge in [0.15, 0.2) is 0 Å². The average molecular weight is 423 g/mol. The number of aliphatic carboxylic acids is 1. The van der Waals surface area contributed by atoms with Gasteiger partial charge in [-0.2, -0.15) is 17.5 Å². The standard InChI is InChI=1S/C13H15N3O4S.C2HF3O2/c1-21(17,18)16-6-4-13-11(8-16)12(15-20-13)9-19-10-3-2-5-14-7-10;3-2(4,5)1(6)7/h2-3,5,7H,4,6,8-9H2,1H3;(H,6,7). The van der Waals surface area contributed by atoms with Crippen molar-refractivity contribution in [3.63, 3.8) is 0 Å². The summed E-state index contributed by atoms with van der Waals surface area (Å²) >= 11 is 0. The molecule has 0 amide bonds. The molecule has 2 aromatic heterocycles. The minimum atomic E-state index is -5.08. The lowest BCUT2D eigenvalue weighted by atomic mass is 10.1. The van der Waals surface area contributed by atoms with Crippen molar-refractivity contribution in [2.75, 3.05) is 12.8 Å². The number of alkyl halides is 3. The van der Waals surface area contributed by atoms with Crippen LogP contribution in [0.4, 0.5) is 13.2 Å². The van der Waals surface area contributed by atoms with E-state index in [0.29, 0.717) is 24.4 Å². The second kappa shape index (κ2) is 8.56. The van der Waals surface area contributed by atoms with E-state index in [0.717, 1.165) is 11.3 Å². The molecule has 3 heterocycles. The Balaban J connectivity index is 0.000000345. The monoisotopic (exact) mass is 423 g/mol. The Bertz CT molecular complexity index is 915.